The highest BCUT2D eigenvalue weighted by atomic mass is 32.2. The summed E-state index contributed by atoms with van der Waals surface area (Å²) in [4.78, 5) is 12.8. The molecule has 0 heterocycles. The van der Waals surface area contributed by atoms with Crippen LogP contribution in [0.25, 0.3) is 0 Å². The lowest BCUT2D eigenvalue weighted by Crippen LogP contribution is -2.41. The zero-order chi connectivity index (χ0) is 22.6. The number of ether oxygens (including phenoxy) is 1. The van der Waals surface area contributed by atoms with Crippen LogP contribution < -0.4 is 0 Å². The predicted octanol–water partition coefficient (Wildman–Crippen LogP) is 5.47. The number of rotatable bonds is 7. The quantitative estimate of drug-likeness (QED) is 0.429. The van der Waals surface area contributed by atoms with Gasteiger partial charge in [0.2, 0.25) is 0 Å². The van der Waals surface area contributed by atoms with Gasteiger partial charge in [0.25, 0.3) is 10.1 Å². The Labute approximate surface area is 180 Å². The van der Waals surface area contributed by atoms with Crippen LogP contribution in [-0.2, 0) is 19.0 Å². The van der Waals surface area contributed by atoms with Gasteiger partial charge in [0.05, 0.1) is 16.6 Å². The van der Waals surface area contributed by atoms with Gasteiger partial charge in [-0.15, -0.1) is 0 Å². The van der Waals surface area contributed by atoms with Crippen LogP contribution in [0, 0.1) is 10.8 Å². The minimum atomic E-state index is -3.95. The van der Waals surface area contributed by atoms with Crippen molar-refractivity contribution in [3.8, 4) is 0 Å². The van der Waals surface area contributed by atoms with Crippen LogP contribution in [0.2, 0.25) is 0 Å². The van der Waals surface area contributed by atoms with E-state index in [9.17, 15) is 13.2 Å². The third-order valence-corrected chi connectivity index (χ3v) is 6.23. The van der Waals surface area contributed by atoms with E-state index in [0.29, 0.717) is 5.56 Å². The molecule has 0 aliphatic rings. The Morgan fingerprint density at radius 2 is 1.27 bits per heavy atom. The zero-order valence-electron chi connectivity index (χ0n) is 18.6. The molecule has 0 saturated heterocycles. The van der Waals surface area contributed by atoms with Gasteiger partial charge < -0.3 is 4.74 Å². The molecular formula is C24H32O5S. The van der Waals surface area contributed by atoms with Gasteiger partial charge in [0.15, 0.2) is 0 Å². The van der Waals surface area contributed by atoms with Crippen LogP contribution in [-0.4, -0.2) is 26.6 Å². The molecule has 0 fully saturated rings. The summed E-state index contributed by atoms with van der Waals surface area (Å²) in [7, 11) is -3.95. The number of hydrogen-bond donors (Lipinski definition) is 0. The summed E-state index contributed by atoms with van der Waals surface area (Å²) in [5, 5.41) is 0. The van der Waals surface area contributed by atoms with Crippen LogP contribution >= 0.6 is 0 Å². The standard InChI is InChI=1S/C24H32O5S/c1-23(2,3)20(28-22(25)18-13-9-7-10-14-18)17-21(24(4,5)6)29-30(26,27)19-15-11-8-12-16-19/h7-16,20-21H,17H2,1-6H3. The van der Waals surface area contributed by atoms with E-state index in [1.165, 1.54) is 12.1 Å². The number of carbonyl (C=O) groups is 1. The molecule has 2 atom stereocenters. The second-order valence-corrected chi connectivity index (χ2v) is 11.2. The fourth-order valence-electron chi connectivity index (χ4n) is 2.88. The molecule has 164 valence electrons. The molecule has 0 radical (unpaired) electrons. The maximum Gasteiger partial charge on any atom is 0.338 e. The van der Waals surface area contributed by atoms with Crippen LogP contribution in [0.15, 0.2) is 65.6 Å². The highest BCUT2D eigenvalue weighted by Gasteiger charge is 2.38. The van der Waals surface area contributed by atoms with Crippen molar-refractivity contribution < 1.29 is 22.1 Å². The molecule has 0 amide bonds. The van der Waals surface area contributed by atoms with Crippen molar-refractivity contribution in [1.29, 1.82) is 0 Å². The van der Waals surface area contributed by atoms with Crippen molar-refractivity contribution in [1.82, 2.24) is 0 Å². The molecule has 2 aromatic rings. The average molecular weight is 433 g/mol. The third-order valence-electron chi connectivity index (χ3n) is 4.89. The highest BCUT2D eigenvalue weighted by Crippen LogP contribution is 2.35. The van der Waals surface area contributed by atoms with Crippen molar-refractivity contribution in [2.45, 2.75) is 65.1 Å². The Morgan fingerprint density at radius 3 is 1.73 bits per heavy atom. The largest absolute Gasteiger partial charge is 0.458 e. The molecule has 0 aliphatic heterocycles. The molecule has 2 unspecified atom stereocenters. The van der Waals surface area contributed by atoms with E-state index in [1.807, 2.05) is 47.6 Å². The van der Waals surface area contributed by atoms with E-state index in [0.717, 1.165) is 0 Å². The van der Waals surface area contributed by atoms with Crippen LogP contribution in [0.5, 0.6) is 0 Å². The van der Waals surface area contributed by atoms with E-state index in [4.69, 9.17) is 8.92 Å². The minimum Gasteiger partial charge on any atom is -0.458 e. The van der Waals surface area contributed by atoms with Crippen LogP contribution in [0.3, 0.4) is 0 Å². The zero-order valence-corrected chi connectivity index (χ0v) is 19.4. The van der Waals surface area contributed by atoms with Crippen molar-refractivity contribution in [3.63, 3.8) is 0 Å². The number of hydrogen-bond acceptors (Lipinski definition) is 5. The molecule has 2 rings (SSSR count). The lowest BCUT2D eigenvalue weighted by atomic mass is 9.79. The fraction of sp³-hybridized carbons (Fsp3) is 0.458. The normalized spacial score (nSPS) is 14.7. The molecule has 6 heteroatoms. The minimum absolute atomic E-state index is 0.104. The summed E-state index contributed by atoms with van der Waals surface area (Å²) in [6, 6.07) is 16.8. The monoisotopic (exact) mass is 432 g/mol. The number of esters is 1. The second kappa shape index (κ2) is 9.31. The van der Waals surface area contributed by atoms with Crippen molar-refractivity contribution in [2.24, 2.45) is 10.8 Å². The summed E-state index contributed by atoms with van der Waals surface area (Å²) >= 11 is 0. The van der Waals surface area contributed by atoms with Gasteiger partial charge in [-0.25, -0.2) is 4.79 Å². The van der Waals surface area contributed by atoms with Crippen LogP contribution in [0.4, 0.5) is 0 Å². The molecule has 30 heavy (non-hydrogen) atoms. The number of benzene rings is 2. The van der Waals surface area contributed by atoms with E-state index < -0.39 is 39.1 Å². The maximum atomic E-state index is 12.8. The van der Waals surface area contributed by atoms with Gasteiger partial charge in [-0.1, -0.05) is 77.9 Å². The number of carbonyl (C=O) groups excluding carboxylic acids is 1. The van der Waals surface area contributed by atoms with Crippen molar-refractivity contribution >= 4 is 16.1 Å². The topological polar surface area (TPSA) is 69.7 Å². The third kappa shape index (κ3) is 6.67. The molecule has 5 nitrogen and oxygen atoms in total. The average Bonchev–Trinajstić information content (AvgIpc) is 2.66. The lowest BCUT2D eigenvalue weighted by molar-refractivity contribution is -0.0353. The van der Waals surface area contributed by atoms with E-state index in [-0.39, 0.29) is 11.3 Å². The Balaban J connectivity index is 2.28. The lowest BCUT2D eigenvalue weighted by Gasteiger charge is -2.37. The smallest absolute Gasteiger partial charge is 0.338 e. The maximum absolute atomic E-state index is 12.8. The molecule has 0 aromatic heterocycles. The first-order valence-corrected chi connectivity index (χ1v) is 11.5. The summed E-state index contributed by atoms with van der Waals surface area (Å²) in [5.41, 5.74) is -0.449. The summed E-state index contributed by atoms with van der Waals surface area (Å²) < 4.78 is 37.2. The molecule has 0 bridgehead atoms. The van der Waals surface area contributed by atoms with Crippen molar-refractivity contribution in [2.75, 3.05) is 0 Å². The van der Waals surface area contributed by atoms with E-state index in [1.54, 1.807) is 42.5 Å². The Bertz CT molecular complexity index is 923. The van der Waals surface area contributed by atoms with Gasteiger partial charge in [-0.05, 0) is 35.1 Å². The molecule has 0 saturated carbocycles. The Hall–Kier alpha value is -2.18. The first-order chi connectivity index (χ1) is 13.8. The Morgan fingerprint density at radius 1 is 0.800 bits per heavy atom. The molecular weight excluding hydrogens is 400 g/mol. The van der Waals surface area contributed by atoms with E-state index >= 15 is 0 Å². The summed E-state index contributed by atoms with van der Waals surface area (Å²) in [5.74, 6) is -0.436. The second-order valence-electron chi connectivity index (χ2n) is 9.58. The fourth-order valence-corrected chi connectivity index (χ4v) is 4.15. The Kier molecular flexibility index (Phi) is 7.48. The molecule has 0 N–H and O–H groups in total. The van der Waals surface area contributed by atoms with Gasteiger partial charge in [0.1, 0.15) is 6.10 Å². The summed E-state index contributed by atoms with van der Waals surface area (Å²) in [6.07, 6.45) is -0.978. The van der Waals surface area contributed by atoms with Gasteiger partial charge in [-0.2, -0.15) is 8.42 Å². The van der Waals surface area contributed by atoms with Crippen LogP contribution in [0.1, 0.15) is 58.3 Å². The van der Waals surface area contributed by atoms with Gasteiger partial charge in [0, 0.05) is 6.42 Å². The first kappa shape index (κ1) is 24.1. The van der Waals surface area contributed by atoms with Crippen molar-refractivity contribution in [3.05, 3.63) is 66.2 Å². The molecule has 0 aliphatic carbocycles. The highest BCUT2D eigenvalue weighted by molar-refractivity contribution is 7.86. The SMILES string of the molecule is CC(C)(C)C(CC(OS(=O)(=O)c1ccccc1)C(C)(C)C)OC(=O)c1ccccc1. The predicted molar refractivity (Wildman–Crippen MR) is 118 cm³/mol. The summed E-state index contributed by atoms with van der Waals surface area (Å²) in [6.45, 7) is 11.6. The molecule has 0 spiro atoms. The molecule has 2 aromatic carbocycles. The van der Waals surface area contributed by atoms with E-state index in [2.05, 4.69) is 0 Å². The van der Waals surface area contributed by atoms with Gasteiger partial charge >= 0.3 is 5.97 Å². The first-order valence-electron chi connectivity index (χ1n) is 10.0. The van der Waals surface area contributed by atoms with Gasteiger partial charge in [-0.3, -0.25) is 4.18 Å².